The monoisotopic (exact) mass is 370 g/mol. The van der Waals surface area contributed by atoms with Crippen LogP contribution in [0, 0.1) is 6.92 Å². The van der Waals surface area contributed by atoms with Crippen LogP contribution in [0.1, 0.15) is 15.9 Å². The second-order valence-electron chi connectivity index (χ2n) is 5.14. The van der Waals surface area contributed by atoms with Crippen LogP contribution in [0.4, 0.5) is 0 Å². The predicted octanol–water partition coefficient (Wildman–Crippen LogP) is 3.34. The van der Waals surface area contributed by atoms with Gasteiger partial charge in [-0.2, -0.15) is 0 Å². The molecule has 2 aromatic carbocycles. The number of carbonyl (C=O) groups is 1. The lowest BCUT2D eigenvalue weighted by molar-refractivity contribution is -0.254. The first kappa shape index (κ1) is 15.5. The molecule has 0 bridgehead atoms. The molecule has 0 saturated heterocycles. The van der Waals surface area contributed by atoms with Gasteiger partial charge in [-0.3, -0.25) is 0 Å². The molecular formula is C18H13BrNO3-. The lowest BCUT2D eigenvalue weighted by Gasteiger charge is -2.15. The Morgan fingerprint density at radius 1 is 1.17 bits per heavy atom. The minimum atomic E-state index is -1.21. The number of nitrogens with zero attached hydrogens (tertiary/aromatic N) is 1. The van der Waals surface area contributed by atoms with Gasteiger partial charge in [0.2, 0.25) is 0 Å². The molecule has 1 heterocycles. The van der Waals surface area contributed by atoms with Gasteiger partial charge in [-0.05, 0) is 55.0 Å². The Kier molecular flexibility index (Phi) is 4.05. The van der Waals surface area contributed by atoms with E-state index < -0.39 is 5.97 Å². The Labute approximate surface area is 141 Å². The summed E-state index contributed by atoms with van der Waals surface area (Å²) in [7, 11) is 1.60. The first-order valence-corrected chi connectivity index (χ1v) is 7.76. The zero-order valence-electron chi connectivity index (χ0n) is 12.6. The molecule has 0 radical (unpaired) electrons. The van der Waals surface area contributed by atoms with E-state index in [2.05, 4.69) is 20.9 Å². The number of aromatic carboxylic acids is 1. The first-order valence-electron chi connectivity index (χ1n) is 6.97. The smallest absolute Gasteiger partial charge is 0.118 e. The third-order valence-electron chi connectivity index (χ3n) is 3.76. The van der Waals surface area contributed by atoms with Crippen LogP contribution in [-0.2, 0) is 0 Å². The van der Waals surface area contributed by atoms with Crippen molar-refractivity contribution < 1.29 is 14.6 Å². The topological polar surface area (TPSA) is 62.2 Å². The van der Waals surface area contributed by atoms with Crippen molar-refractivity contribution >= 4 is 32.8 Å². The highest BCUT2D eigenvalue weighted by Gasteiger charge is 2.14. The van der Waals surface area contributed by atoms with Crippen LogP contribution in [0.3, 0.4) is 0 Å². The van der Waals surface area contributed by atoms with Crippen LogP contribution in [0.2, 0.25) is 0 Å². The molecule has 0 amide bonds. The second kappa shape index (κ2) is 6.01. The molecule has 0 N–H and O–H groups in total. The van der Waals surface area contributed by atoms with Crippen molar-refractivity contribution in [1.82, 2.24) is 4.98 Å². The summed E-state index contributed by atoms with van der Waals surface area (Å²) in [5.41, 5.74) is 2.82. The van der Waals surface area contributed by atoms with Gasteiger partial charge in [0, 0.05) is 21.0 Å². The van der Waals surface area contributed by atoms with Gasteiger partial charge in [0.25, 0.3) is 0 Å². The van der Waals surface area contributed by atoms with E-state index >= 15 is 0 Å². The van der Waals surface area contributed by atoms with Crippen molar-refractivity contribution in [1.29, 1.82) is 0 Å². The number of halogens is 1. The molecule has 0 aliphatic rings. The number of carbonyl (C=O) groups excluding carboxylic acids is 1. The maximum Gasteiger partial charge on any atom is 0.118 e. The van der Waals surface area contributed by atoms with E-state index in [0.29, 0.717) is 22.2 Å². The van der Waals surface area contributed by atoms with Crippen LogP contribution in [0.15, 0.2) is 46.9 Å². The Hall–Kier alpha value is -2.40. The molecule has 0 spiro atoms. The van der Waals surface area contributed by atoms with Crippen molar-refractivity contribution in [3.05, 3.63) is 58.1 Å². The van der Waals surface area contributed by atoms with Crippen molar-refractivity contribution in [3.8, 4) is 17.0 Å². The highest BCUT2D eigenvalue weighted by atomic mass is 79.9. The second-order valence-corrected chi connectivity index (χ2v) is 6.05. The fourth-order valence-corrected chi connectivity index (χ4v) is 2.98. The summed E-state index contributed by atoms with van der Waals surface area (Å²) in [4.78, 5) is 16.3. The molecule has 0 unspecified atom stereocenters. The molecule has 5 heteroatoms. The standard InChI is InChI=1S/C18H14BrNO3/c1-10-16(18(21)22)14-9-12(19)5-8-15(14)20-17(10)11-3-6-13(23-2)7-4-11/h3-9H,1-2H3,(H,21,22)/p-1. The van der Waals surface area contributed by atoms with Gasteiger partial charge in [-0.25, -0.2) is 4.98 Å². The highest BCUT2D eigenvalue weighted by molar-refractivity contribution is 9.10. The largest absolute Gasteiger partial charge is 0.545 e. The Morgan fingerprint density at radius 3 is 2.48 bits per heavy atom. The Morgan fingerprint density at radius 2 is 1.87 bits per heavy atom. The molecule has 0 aliphatic carbocycles. The number of carboxylic acid groups (broad SMARTS) is 1. The molecule has 4 nitrogen and oxygen atoms in total. The quantitative estimate of drug-likeness (QED) is 0.709. The minimum Gasteiger partial charge on any atom is -0.545 e. The molecule has 23 heavy (non-hydrogen) atoms. The van der Waals surface area contributed by atoms with Crippen LogP contribution >= 0.6 is 15.9 Å². The van der Waals surface area contributed by atoms with E-state index in [1.807, 2.05) is 30.3 Å². The van der Waals surface area contributed by atoms with E-state index in [9.17, 15) is 9.90 Å². The van der Waals surface area contributed by atoms with E-state index in [0.717, 1.165) is 15.8 Å². The number of hydrogen-bond acceptors (Lipinski definition) is 4. The summed E-state index contributed by atoms with van der Waals surface area (Å²) < 4.78 is 5.95. The summed E-state index contributed by atoms with van der Waals surface area (Å²) in [6, 6.07) is 12.7. The molecule has 3 rings (SSSR count). The van der Waals surface area contributed by atoms with Crippen LogP contribution in [0.5, 0.6) is 5.75 Å². The van der Waals surface area contributed by atoms with Crippen LogP contribution in [-0.4, -0.2) is 18.1 Å². The lowest BCUT2D eigenvalue weighted by Crippen LogP contribution is -2.24. The number of aromatic nitrogens is 1. The lowest BCUT2D eigenvalue weighted by atomic mass is 9.98. The van der Waals surface area contributed by atoms with E-state index in [1.54, 1.807) is 26.2 Å². The van der Waals surface area contributed by atoms with Crippen LogP contribution < -0.4 is 9.84 Å². The molecule has 0 saturated carbocycles. The van der Waals surface area contributed by atoms with Crippen molar-refractivity contribution in [2.45, 2.75) is 6.92 Å². The Balaban J connectivity index is 2.30. The zero-order chi connectivity index (χ0) is 16.6. The summed E-state index contributed by atoms with van der Waals surface area (Å²) >= 11 is 3.36. The van der Waals surface area contributed by atoms with E-state index in [1.165, 1.54) is 0 Å². The number of ether oxygens (including phenoxy) is 1. The molecule has 116 valence electrons. The maximum absolute atomic E-state index is 11.7. The number of carboxylic acids is 1. The molecule has 3 aromatic rings. The van der Waals surface area contributed by atoms with Crippen molar-refractivity contribution in [2.24, 2.45) is 0 Å². The van der Waals surface area contributed by atoms with Gasteiger partial charge in [0.15, 0.2) is 0 Å². The van der Waals surface area contributed by atoms with E-state index in [-0.39, 0.29) is 5.56 Å². The molecule has 1 aromatic heterocycles. The Bertz CT molecular complexity index is 904. The van der Waals surface area contributed by atoms with Gasteiger partial charge in [-0.1, -0.05) is 15.9 Å². The molecule has 0 fully saturated rings. The van der Waals surface area contributed by atoms with Crippen LogP contribution in [0.25, 0.3) is 22.2 Å². The average molecular weight is 371 g/mol. The number of methoxy groups -OCH3 is 1. The average Bonchev–Trinajstić information content (AvgIpc) is 2.54. The third kappa shape index (κ3) is 2.80. The minimum absolute atomic E-state index is 0.169. The molecular weight excluding hydrogens is 358 g/mol. The zero-order valence-corrected chi connectivity index (χ0v) is 14.2. The summed E-state index contributed by atoms with van der Waals surface area (Å²) in [6.45, 7) is 1.75. The number of hydrogen-bond donors (Lipinski definition) is 0. The van der Waals surface area contributed by atoms with Gasteiger partial charge in [0.05, 0.1) is 24.3 Å². The van der Waals surface area contributed by atoms with Gasteiger partial charge >= 0.3 is 0 Å². The molecule has 0 aliphatic heterocycles. The molecule has 0 atom stereocenters. The third-order valence-corrected chi connectivity index (χ3v) is 4.25. The van der Waals surface area contributed by atoms with Crippen molar-refractivity contribution in [3.63, 3.8) is 0 Å². The first-order chi connectivity index (χ1) is 11.0. The van der Waals surface area contributed by atoms with Crippen molar-refractivity contribution in [2.75, 3.05) is 7.11 Å². The fraction of sp³-hybridized carbons (Fsp3) is 0.111. The predicted molar refractivity (Wildman–Crippen MR) is 90.5 cm³/mol. The van der Waals surface area contributed by atoms with Gasteiger partial charge in [-0.15, -0.1) is 0 Å². The van der Waals surface area contributed by atoms with Gasteiger partial charge in [0.1, 0.15) is 5.75 Å². The summed E-state index contributed by atoms with van der Waals surface area (Å²) in [5.74, 6) is -0.473. The van der Waals surface area contributed by atoms with E-state index in [4.69, 9.17) is 4.74 Å². The number of rotatable bonds is 3. The maximum atomic E-state index is 11.7. The summed E-state index contributed by atoms with van der Waals surface area (Å²) in [5, 5.41) is 12.2. The SMILES string of the molecule is COc1ccc(-c2nc3ccc(Br)cc3c(C(=O)[O-])c2C)cc1. The summed E-state index contributed by atoms with van der Waals surface area (Å²) in [6.07, 6.45) is 0. The fourth-order valence-electron chi connectivity index (χ4n) is 2.62. The van der Waals surface area contributed by atoms with Gasteiger partial charge < -0.3 is 14.6 Å². The highest BCUT2D eigenvalue weighted by Crippen LogP contribution is 2.31. The number of pyridine rings is 1. The number of benzene rings is 2. The number of fused-ring (bicyclic) bond motifs is 1. The normalized spacial score (nSPS) is 10.7.